The van der Waals surface area contributed by atoms with Crippen LogP contribution >= 0.6 is 11.6 Å². The third kappa shape index (κ3) is 3.56. The van der Waals surface area contributed by atoms with Crippen LogP contribution in [0.2, 0.25) is 5.15 Å². The number of benzene rings is 1. The number of methoxy groups -OCH3 is 1. The number of pyridine rings is 1. The van der Waals surface area contributed by atoms with Gasteiger partial charge in [-0.25, -0.2) is 4.98 Å². The molecule has 1 aliphatic rings. The van der Waals surface area contributed by atoms with Gasteiger partial charge in [-0.2, -0.15) is 0 Å². The average molecular weight is 346 g/mol. The first-order valence-electron chi connectivity index (χ1n) is 8.32. The predicted molar refractivity (Wildman–Crippen MR) is 97.7 cm³/mol. The number of hydrogen-bond acceptors (Lipinski definition) is 4. The predicted octanol–water partition coefficient (Wildman–Crippen LogP) is 3.76. The van der Waals surface area contributed by atoms with Gasteiger partial charge in [-0.05, 0) is 36.6 Å². The number of halogens is 1. The minimum absolute atomic E-state index is 0.261. The Labute approximate surface area is 148 Å². The van der Waals surface area contributed by atoms with Gasteiger partial charge in [0.2, 0.25) is 0 Å². The summed E-state index contributed by atoms with van der Waals surface area (Å²) in [5.41, 5.74) is 3.84. The Bertz CT molecular complexity index is 707. The lowest BCUT2D eigenvalue weighted by molar-refractivity contribution is 0.153. The number of aryl methyl sites for hydroxylation is 1. The normalized spacial score (nSPS) is 19.9. The third-order valence-corrected chi connectivity index (χ3v) is 5.13. The molecule has 0 bridgehead atoms. The van der Waals surface area contributed by atoms with E-state index < -0.39 is 0 Å². The second kappa shape index (κ2) is 7.51. The molecule has 3 rings (SSSR count). The Kier molecular flexibility index (Phi) is 5.39. The van der Waals surface area contributed by atoms with Crippen LogP contribution in [0.1, 0.15) is 35.7 Å². The summed E-state index contributed by atoms with van der Waals surface area (Å²) in [6, 6.07) is 11.2. The molecule has 0 unspecified atom stereocenters. The quantitative estimate of drug-likeness (QED) is 0.856. The molecule has 1 saturated heterocycles. The molecule has 2 atom stereocenters. The Morgan fingerprint density at radius 3 is 2.92 bits per heavy atom. The molecule has 24 heavy (non-hydrogen) atoms. The second-order valence-corrected chi connectivity index (χ2v) is 6.65. The van der Waals surface area contributed by atoms with Crippen molar-refractivity contribution in [2.24, 2.45) is 0 Å². The highest BCUT2D eigenvalue weighted by Gasteiger charge is 2.26. The highest BCUT2D eigenvalue weighted by Crippen LogP contribution is 2.30. The van der Waals surface area contributed by atoms with E-state index in [0.717, 1.165) is 25.2 Å². The molecule has 128 valence electrons. The number of rotatable bonds is 4. The van der Waals surface area contributed by atoms with Gasteiger partial charge in [0.05, 0.1) is 7.11 Å². The van der Waals surface area contributed by atoms with Gasteiger partial charge in [0, 0.05) is 37.9 Å². The third-order valence-electron chi connectivity index (χ3n) is 4.85. The molecule has 0 saturated carbocycles. The van der Waals surface area contributed by atoms with E-state index in [4.69, 9.17) is 16.3 Å². The number of hydrogen-bond donors (Lipinski definition) is 1. The second-order valence-electron chi connectivity index (χ2n) is 6.30. The molecule has 5 heteroatoms. The molecule has 1 N–H and O–H groups in total. The number of ether oxygens (including phenoxy) is 1. The van der Waals surface area contributed by atoms with Gasteiger partial charge in [-0.1, -0.05) is 35.9 Å². The van der Waals surface area contributed by atoms with Gasteiger partial charge in [0.1, 0.15) is 0 Å². The van der Waals surface area contributed by atoms with Crippen LogP contribution in [0.5, 0.6) is 5.75 Å². The summed E-state index contributed by atoms with van der Waals surface area (Å²) in [5, 5.41) is 4.05. The molecule has 0 radical (unpaired) electrons. The van der Waals surface area contributed by atoms with Crippen molar-refractivity contribution in [2.45, 2.75) is 25.9 Å². The maximum absolute atomic E-state index is 6.05. The van der Waals surface area contributed by atoms with Gasteiger partial charge < -0.3 is 10.1 Å². The molecule has 4 nitrogen and oxygen atoms in total. The van der Waals surface area contributed by atoms with Crippen LogP contribution in [0.25, 0.3) is 0 Å². The van der Waals surface area contributed by atoms with Gasteiger partial charge in [0.15, 0.2) is 10.9 Å². The minimum atomic E-state index is 0.261. The minimum Gasteiger partial charge on any atom is -0.494 e. The molecule has 2 aromatic rings. The van der Waals surface area contributed by atoms with E-state index in [1.165, 1.54) is 11.1 Å². The van der Waals surface area contributed by atoms with Crippen molar-refractivity contribution >= 4 is 11.6 Å². The largest absolute Gasteiger partial charge is 0.494 e. The van der Waals surface area contributed by atoms with Crippen molar-refractivity contribution in [3.63, 3.8) is 0 Å². The summed E-state index contributed by atoms with van der Waals surface area (Å²) in [6.45, 7) is 7.34. The van der Waals surface area contributed by atoms with E-state index in [9.17, 15) is 0 Å². The van der Waals surface area contributed by atoms with Crippen LogP contribution < -0.4 is 10.1 Å². The van der Waals surface area contributed by atoms with Crippen molar-refractivity contribution in [3.8, 4) is 5.75 Å². The lowest BCUT2D eigenvalue weighted by Crippen LogP contribution is -2.46. The van der Waals surface area contributed by atoms with Crippen molar-refractivity contribution < 1.29 is 4.74 Å². The van der Waals surface area contributed by atoms with E-state index >= 15 is 0 Å². The van der Waals surface area contributed by atoms with E-state index in [2.05, 4.69) is 53.3 Å². The Hall–Kier alpha value is -1.62. The fourth-order valence-corrected chi connectivity index (χ4v) is 3.52. The van der Waals surface area contributed by atoms with Gasteiger partial charge in [-0.3, -0.25) is 4.90 Å². The van der Waals surface area contributed by atoms with Crippen molar-refractivity contribution in [3.05, 3.63) is 58.4 Å². The number of nitrogens with zero attached hydrogens (tertiary/aromatic N) is 2. The fraction of sp³-hybridized carbons (Fsp3) is 0.421. The lowest BCUT2D eigenvalue weighted by atomic mass is 9.98. The van der Waals surface area contributed by atoms with Crippen molar-refractivity contribution in [2.75, 3.05) is 26.7 Å². The smallest absolute Gasteiger partial charge is 0.171 e. The summed E-state index contributed by atoms with van der Waals surface area (Å²) in [5.74, 6) is 0.631. The zero-order valence-electron chi connectivity index (χ0n) is 14.4. The molecule has 1 fully saturated rings. The van der Waals surface area contributed by atoms with Crippen molar-refractivity contribution in [1.82, 2.24) is 15.2 Å². The van der Waals surface area contributed by atoms with Crippen LogP contribution in [0.4, 0.5) is 0 Å². The maximum atomic E-state index is 6.05. The van der Waals surface area contributed by atoms with Gasteiger partial charge in [-0.15, -0.1) is 0 Å². The lowest BCUT2D eigenvalue weighted by Gasteiger charge is -2.38. The van der Waals surface area contributed by atoms with Crippen LogP contribution in [-0.2, 0) is 0 Å². The Morgan fingerprint density at radius 2 is 2.17 bits per heavy atom. The SMILES string of the molecule is COc1cc([C@@H](C)N2CCN[C@H](c3ccccc3C)C2)cnc1Cl. The summed E-state index contributed by atoms with van der Waals surface area (Å²) >= 11 is 6.05. The zero-order valence-corrected chi connectivity index (χ0v) is 15.2. The molecule has 0 spiro atoms. The van der Waals surface area contributed by atoms with Crippen molar-refractivity contribution in [1.29, 1.82) is 0 Å². The molecule has 0 aliphatic carbocycles. The monoisotopic (exact) mass is 345 g/mol. The number of nitrogens with one attached hydrogen (secondary N) is 1. The molecule has 1 aromatic heterocycles. The summed E-state index contributed by atoms with van der Waals surface area (Å²) in [4.78, 5) is 6.74. The summed E-state index contributed by atoms with van der Waals surface area (Å²) in [6.07, 6.45) is 1.85. The first kappa shape index (κ1) is 17.2. The number of piperazine rings is 1. The molecule has 1 aromatic carbocycles. The van der Waals surface area contributed by atoms with E-state index in [1.54, 1.807) is 7.11 Å². The summed E-state index contributed by atoms with van der Waals surface area (Å²) in [7, 11) is 1.62. The van der Waals surface area contributed by atoms with Gasteiger partial charge >= 0.3 is 0 Å². The molecule has 0 amide bonds. The standard InChI is InChI=1S/C19H24ClN3O/c1-13-6-4-5-7-16(13)17-12-23(9-8-21-17)14(2)15-10-18(24-3)19(20)22-11-15/h4-7,10-11,14,17,21H,8-9,12H2,1-3H3/t14-,17+/m1/s1. The van der Waals surface area contributed by atoms with Crippen LogP contribution in [-0.4, -0.2) is 36.6 Å². The highest BCUT2D eigenvalue weighted by molar-refractivity contribution is 6.30. The van der Waals surface area contributed by atoms with E-state index in [0.29, 0.717) is 16.9 Å². The van der Waals surface area contributed by atoms with Crippen LogP contribution in [0.3, 0.4) is 0 Å². The summed E-state index contributed by atoms with van der Waals surface area (Å²) < 4.78 is 5.30. The average Bonchev–Trinajstić information content (AvgIpc) is 2.62. The fourth-order valence-electron chi connectivity index (χ4n) is 3.34. The molecular formula is C19H24ClN3O. The van der Waals surface area contributed by atoms with Crippen LogP contribution in [0.15, 0.2) is 36.5 Å². The first-order valence-corrected chi connectivity index (χ1v) is 8.70. The van der Waals surface area contributed by atoms with E-state index in [-0.39, 0.29) is 6.04 Å². The van der Waals surface area contributed by atoms with Gasteiger partial charge in [0.25, 0.3) is 0 Å². The molecule has 1 aliphatic heterocycles. The molecular weight excluding hydrogens is 322 g/mol. The topological polar surface area (TPSA) is 37.4 Å². The highest BCUT2D eigenvalue weighted by atomic mass is 35.5. The Balaban J connectivity index is 1.78. The maximum Gasteiger partial charge on any atom is 0.171 e. The zero-order chi connectivity index (χ0) is 17.1. The number of aromatic nitrogens is 1. The molecule has 2 heterocycles. The van der Waals surface area contributed by atoms with Crippen LogP contribution in [0, 0.1) is 6.92 Å². The Morgan fingerprint density at radius 1 is 1.38 bits per heavy atom. The first-order chi connectivity index (χ1) is 11.6. The van der Waals surface area contributed by atoms with E-state index in [1.807, 2.05) is 12.3 Å².